The topological polar surface area (TPSA) is 92.5 Å². The molecular weight excluding hydrogens is 418 g/mol. The van der Waals surface area contributed by atoms with E-state index in [1.165, 1.54) is 7.11 Å². The minimum atomic E-state index is -0.505. The maximum atomic E-state index is 12.3. The Morgan fingerprint density at radius 3 is 2.58 bits per heavy atom. The van der Waals surface area contributed by atoms with E-state index in [2.05, 4.69) is 15.6 Å². The minimum absolute atomic E-state index is 0.301. The van der Waals surface area contributed by atoms with Gasteiger partial charge >= 0.3 is 12.0 Å². The van der Waals surface area contributed by atoms with Crippen molar-refractivity contribution in [1.29, 1.82) is 0 Å². The van der Waals surface area contributed by atoms with Crippen LogP contribution >= 0.6 is 0 Å². The molecule has 0 spiro atoms. The van der Waals surface area contributed by atoms with Crippen molar-refractivity contribution in [2.24, 2.45) is 0 Å². The molecule has 2 amide bonds. The smallest absolute Gasteiger partial charge is 0.339 e. The van der Waals surface area contributed by atoms with Crippen LogP contribution < -0.4 is 15.4 Å². The fraction of sp³-hybridized carbons (Fsp3) is 0.154. The molecule has 33 heavy (non-hydrogen) atoms. The number of esters is 1. The van der Waals surface area contributed by atoms with Crippen LogP contribution in [0, 0.1) is 0 Å². The van der Waals surface area contributed by atoms with E-state index < -0.39 is 12.0 Å². The highest BCUT2D eigenvalue weighted by Crippen LogP contribution is 2.25. The predicted molar refractivity (Wildman–Crippen MR) is 128 cm³/mol. The van der Waals surface area contributed by atoms with Crippen molar-refractivity contribution in [3.05, 3.63) is 95.7 Å². The van der Waals surface area contributed by atoms with Gasteiger partial charge in [0.1, 0.15) is 12.4 Å². The fourth-order valence-corrected chi connectivity index (χ4v) is 3.55. The van der Waals surface area contributed by atoms with Crippen molar-refractivity contribution in [2.75, 3.05) is 19.0 Å². The van der Waals surface area contributed by atoms with Gasteiger partial charge in [-0.3, -0.25) is 0 Å². The molecule has 4 aromatic rings. The number of benzene rings is 3. The first-order valence-electron chi connectivity index (χ1n) is 10.6. The first-order valence-corrected chi connectivity index (χ1v) is 10.6. The number of methoxy groups -OCH3 is 1. The Hall–Kier alpha value is -4.26. The summed E-state index contributed by atoms with van der Waals surface area (Å²) < 4.78 is 10.7. The number of H-pyrrole nitrogens is 1. The number of hydrogen-bond donors (Lipinski definition) is 3. The van der Waals surface area contributed by atoms with E-state index in [0.717, 1.165) is 27.8 Å². The fourth-order valence-electron chi connectivity index (χ4n) is 3.55. The number of aromatic amines is 1. The van der Waals surface area contributed by atoms with Gasteiger partial charge in [-0.1, -0.05) is 42.5 Å². The van der Waals surface area contributed by atoms with Crippen molar-refractivity contribution >= 4 is 28.6 Å². The van der Waals surface area contributed by atoms with E-state index in [1.807, 2.05) is 54.7 Å². The Morgan fingerprint density at radius 1 is 0.970 bits per heavy atom. The number of nitrogens with one attached hydrogen (secondary N) is 3. The zero-order valence-electron chi connectivity index (χ0n) is 18.3. The van der Waals surface area contributed by atoms with Gasteiger partial charge in [0.2, 0.25) is 0 Å². The summed E-state index contributed by atoms with van der Waals surface area (Å²) in [7, 11) is 1.30. The van der Waals surface area contributed by atoms with Crippen LogP contribution in [0.5, 0.6) is 5.75 Å². The molecule has 7 nitrogen and oxygen atoms in total. The van der Waals surface area contributed by atoms with Gasteiger partial charge in [0.25, 0.3) is 0 Å². The molecule has 0 fully saturated rings. The normalized spacial score (nSPS) is 10.6. The van der Waals surface area contributed by atoms with Gasteiger partial charge in [0, 0.05) is 23.6 Å². The van der Waals surface area contributed by atoms with Gasteiger partial charge in [-0.05, 0) is 47.9 Å². The highest BCUT2D eigenvalue weighted by molar-refractivity contribution is 6.00. The van der Waals surface area contributed by atoms with Crippen molar-refractivity contribution in [3.8, 4) is 5.75 Å². The second-order valence-corrected chi connectivity index (χ2v) is 7.46. The number of fused-ring (bicyclic) bond motifs is 1. The molecule has 0 unspecified atom stereocenters. The average molecular weight is 444 g/mol. The highest BCUT2D eigenvalue weighted by Gasteiger charge is 2.13. The van der Waals surface area contributed by atoms with Gasteiger partial charge in [0.05, 0.1) is 18.4 Å². The third-order valence-corrected chi connectivity index (χ3v) is 5.25. The molecule has 0 bridgehead atoms. The second-order valence-electron chi connectivity index (χ2n) is 7.46. The van der Waals surface area contributed by atoms with E-state index in [4.69, 9.17) is 9.47 Å². The second kappa shape index (κ2) is 10.4. The summed E-state index contributed by atoms with van der Waals surface area (Å²) in [4.78, 5) is 27.5. The Bertz CT molecular complexity index is 1250. The van der Waals surface area contributed by atoms with E-state index in [0.29, 0.717) is 30.8 Å². The number of amides is 2. The molecule has 0 radical (unpaired) electrons. The molecule has 0 aliphatic rings. The molecule has 1 aromatic heterocycles. The van der Waals surface area contributed by atoms with Crippen LogP contribution in [0.1, 0.15) is 21.5 Å². The molecule has 0 atom stereocenters. The first-order chi connectivity index (χ1) is 16.1. The summed E-state index contributed by atoms with van der Waals surface area (Å²) in [6.07, 6.45) is 2.58. The van der Waals surface area contributed by atoms with Gasteiger partial charge in [-0.25, -0.2) is 9.59 Å². The lowest BCUT2D eigenvalue weighted by Gasteiger charge is -2.11. The standard InChI is InChI=1S/C26H25N3O4/c1-32-25(30)21-9-5-6-10-24(21)29-26(31)27-14-13-19-16-28-23-12-11-20(15-22(19)23)33-17-18-7-3-2-4-8-18/h2-12,15-16,28H,13-14,17H2,1H3,(H2,27,29,31). The lowest BCUT2D eigenvalue weighted by atomic mass is 10.1. The van der Waals surface area contributed by atoms with Crippen molar-refractivity contribution < 1.29 is 19.1 Å². The van der Waals surface area contributed by atoms with E-state index in [9.17, 15) is 9.59 Å². The molecule has 7 heteroatoms. The largest absolute Gasteiger partial charge is 0.489 e. The van der Waals surface area contributed by atoms with Crippen LogP contribution in [-0.4, -0.2) is 30.6 Å². The van der Waals surface area contributed by atoms with Gasteiger partial charge < -0.3 is 25.1 Å². The molecule has 0 aliphatic carbocycles. The minimum Gasteiger partial charge on any atom is -0.489 e. The van der Waals surface area contributed by atoms with Crippen LogP contribution in [0.25, 0.3) is 10.9 Å². The van der Waals surface area contributed by atoms with Crippen molar-refractivity contribution in [3.63, 3.8) is 0 Å². The summed E-state index contributed by atoms with van der Waals surface area (Å²) >= 11 is 0. The number of ether oxygens (including phenoxy) is 2. The van der Waals surface area contributed by atoms with Gasteiger partial charge in [0.15, 0.2) is 0 Å². The monoisotopic (exact) mass is 443 g/mol. The molecule has 0 saturated carbocycles. The third-order valence-electron chi connectivity index (χ3n) is 5.25. The number of hydrogen-bond acceptors (Lipinski definition) is 4. The maximum Gasteiger partial charge on any atom is 0.339 e. The number of anilines is 1. The highest BCUT2D eigenvalue weighted by atomic mass is 16.5. The van der Waals surface area contributed by atoms with E-state index in [1.54, 1.807) is 24.3 Å². The SMILES string of the molecule is COC(=O)c1ccccc1NC(=O)NCCc1c[nH]c2ccc(OCc3ccccc3)cc12. The zero-order chi connectivity index (χ0) is 23.0. The van der Waals surface area contributed by atoms with Crippen molar-refractivity contribution in [2.45, 2.75) is 13.0 Å². The maximum absolute atomic E-state index is 12.3. The molecule has 4 rings (SSSR count). The Morgan fingerprint density at radius 2 is 1.76 bits per heavy atom. The molecule has 3 N–H and O–H groups in total. The predicted octanol–water partition coefficient (Wildman–Crippen LogP) is 4.90. The first kappa shape index (κ1) is 22.0. The summed E-state index contributed by atoms with van der Waals surface area (Å²) in [5, 5.41) is 6.59. The number of carbonyl (C=O) groups is 2. The molecular formula is C26H25N3O4. The zero-order valence-corrected chi connectivity index (χ0v) is 18.3. The quantitative estimate of drug-likeness (QED) is 0.338. The number of urea groups is 1. The third kappa shape index (κ3) is 5.51. The summed E-state index contributed by atoms with van der Waals surface area (Å²) in [6, 6.07) is 22.3. The van der Waals surface area contributed by atoms with Gasteiger partial charge in [-0.2, -0.15) is 0 Å². The Balaban J connectivity index is 1.35. The van der Waals surface area contributed by atoms with Crippen LogP contribution in [-0.2, 0) is 17.8 Å². The van der Waals surface area contributed by atoms with Crippen LogP contribution in [0.2, 0.25) is 0 Å². The summed E-state index contributed by atoms with van der Waals surface area (Å²) in [5.41, 5.74) is 3.89. The average Bonchev–Trinajstić information content (AvgIpc) is 3.25. The lowest BCUT2D eigenvalue weighted by Crippen LogP contribution is -2.31. The Labute approximate surface area is 191 Å². The molecule has 3 aromatic carbocycles. The number of aromatic nitrogens is 1. The summed E-state index contributed by atoms with van der Waals surface area (Å²) in [5.74, 6) is 0.285. The van der Waals surface area contributed by atoms with Gasteiger partial charge in [-0.15, -0.1) is 0 Å². The molecule has 1 heterocycles. The van der Waals surface area contributed by atoms with Crippen LogP contribution in [0.3, 0.4) is 0 Å². The van der Waals surface area contributed by atoms with E-state index in [-0.39, 0.29) is 0 Å². The summed E-state index contributed by atoms with van der Waals surface area (Å²) in [6.45, 7) is 0.926. The number of carbonyl (C=O) groups excluding carboxylic acids is 2. The van der Waals surface area contributed by atoms with Crippen molar-refractivity contribution in [1.82, 2.24) is 10.3 Å². The number of rotatable bonds is 8. The number of para-hydroxylation sites is 1. The molecule has 168 valence electrons. The molecule has 0 saturated heterocycles. The Kier molecular flexibility index (Phi) is 6.90. The molecule has 0 aliphatic heterocycles. The van der Waals surface area contributed by atoms with Crippen LogP contribution in [0.15, 0.2) is 79.0 Å². The van der Waals surface area contributed by atoms with E-state index >= 15 is 0 Å². The lowest BCUT2D eigenvalue weighted by molar-refractivity contribution is 0.0602. The van der Waals surface area contributed by atoms with Crippen LogP contribution in [0.4, 0.5) is 10.5 Å².